The van der Waals surface area contributed by atoms with Crippen LogP contribution in [0.4, 0.5) is 0 Å². The number of para-hydroxylation sites is 2. The summed E-state index contributed by atoms with van der Waals surface area (Å²) in [7, 11) is 0. The van der Waals surface area contributed by atoms with Gasteiger partial charge < -0.3 is 0 Å². The molecular formula is C25H19N6OS+. The molecule has 0 atom stereocenters. The van der Waals surface area contributed by atoms with Crippen molar-refractivity contribution in [1.29, 1.82) is 0 Å². The van der Waals surface area contributed by atoms with Gasteiger partial charge in [0.15, 0.2) is 11.7 Å². The Balaban J connectivity index is 1.55. The summed E-state index contributed by atoms with van der Waals surface area (Å²) in [4.78, 5) is 27.4. The maximum absolute atomic E-state index is 13.6. The molecule has 33 heavy (non-hydrogen) atoms. The summed E-state index contributed by atoms with van der Waals surface area (Å²) >= 11 is 1.59. The first kappa shape index (κ1) is 19.5. The van der Waals surface area contributed by atoms with Crippen LogP contribution >= 0.6 is 11.3 Å². The van der Waals surface area contributed by atoms with Crippen molar-refractivity contribution in [2.24, 2.45) is 5.10 Å². The van der Waals surface area contributed by atoms with Crippen molar-refractivity contribution in [3.8, 4) is 0 Å². The van der Waals surface area contributed by atoms with Crippen LogP contribution in [0.3, 0.4) is 0 Å². The lowest BCUT2D eigenvalue weighted by atomic mass is 10.1. The zero-order valence-electron chi connectivity index (χ0n) is 17.5. The number of hydrogen-bond donors (Lipinski definition) is 0. The van der Waals surface area contributed by atoms with E-state index in [0.29, 0.717) is 28.7 Å². The smallest absolute Gasteiger partial charge is 0.250 e. The number of nitrogens with one attached hydrogen (secondary N) is 1. The number of hydrogen-bond acceptors (Lipinski definition) is 5. The topological polar surface area (TPSA) is 79.2 Å². The number of aromatic nitrogens is 5. The molecule has 0 saturated carbocycles. The molecule has 0 aliphatic heterocycles. The second kappa shape index (κ2) is 8.07. The number of H-pyrrole nitrogens is 1. The lowest BCUT2D eigenvalue weighted by Crippen LogP contribution is -2.27. The standard InChI is InChI=1S/C25H18N6OS/c32-25-21-22-24(29-20-11-5-4-10-19(20)28-22)31(27-15-18-9-6-14-33-18)23(21)26-16-30(25)13-12-17-7-2-1-3-8-17/h1-11,14-16H,12-13H2/p+1. The van der Waals surface area contributed by atoms with Gasteiger partial charge in [-0.15, -0.1) is 21.1 Å². The molecule has 2 aromatic carbocycles. The minimum Gasteiger partial charge on any atom is -0.250 e. The van der Waals surface area contributed by atoms with Crippen molar-refractivity contribution >= 4 is 50.8 Å². The van der Waals surface area contributed by atoms with E-state index in [1.54, 1.807) is 33.1 Å². The van der Waals surface area contributed by atoms with Crippen molar-refractivity contribution in [3.05, 3.63) is 99.2 Å². The molecule has 0 aliphatic carbocycles. The van der Waals surface area contributed by atoms with Crippen LogP contribution in [0.25, 0.3) is 33.2 Å². The van der Waals surface area contributed by atoms with Gasteiger partial charge >= 0.3 is 5.56 Å². The summed E-state index contributed by atoms with van der Waals surface area (Å²) in [5.41, 5.74) is 4.23. The number of rotatable bonds is 5. The average molecular weight is 452 g/mol. The van der Waals surface area contributed by atoms with Gasteiger partial charge in [0, 0.05) is 11.3 Å². The predicted molar refractivity (Wildman–Crippen MR) is 131 cm³/mol. The predicted octanol–water partition coefficient (Wildman–Crippen LogP) is 3.90. The fourth-order valence-electron chi connectivity index (χ4n) is 3.96. The monoisotopic (exact) mass is 451 g/mol. The normalized spacial score (nSPS) is 11.9. The minimum atomic E-state index is -0.112. The molecule has 0 spiro atoms. The minimum absolute atomic E-state index is 0.112. The Labute approximate surface area is 192 Å². The van der Waals surface area contributed by atoms with E-state index in [1.807, 2.05) is 60.0 Å². The number of aryl methyl sites for hydroxylation is 2. The van der Waals surface area contributed by atoms with E-state index in [2.05, 4.69) is 22.2 Å². The van der Waals surface area contributed by atoms with Gasteiger partial charge in [0.25, 0.3) is 5.65 Å². The summed E-state index contributed by atoms with van der Waals surface area (Å²) in [6, 6.07) is 21.8. The number of thiophene rings is 1. The molecule has 1 N–H and O–H groups in total. The maximum atomic E-state index is 13.6. The van der Waals surface area contributed by atoms with Crippen LogP contribution in [0.15, 0.2) is 88.3 Å². The van der Waals surface area contributed by atoms with Crippen LogP contribution in [-0.2, 0) is 13.0 Å². The summed E-state index contributed by atoms with van der Waals surface area (Å²) in [5.74, 6) is 0. The first-order valence-corrected chi connectivity index (χ1v) is 11.5. The van der Waals surface area contributed by atoms with E-state index in [-0.39, 0.29) is 5.56 Å². The average Bonchev–Trinajstić information content (AvgIpc) is 3.48. The molecule has 160 valence electrons. The SMILES string of the molecule is O=c1c2c3nc4ccccc4nc3n(N=Cc3cccs3)c2[nH+]cn1CCc1ccccc1. The Kier molecular flexibility index (Phi) is 4.77. The zero-order valence-corrected chi connectivity index (χ0v) is 18.4. The van der Waals surface area contributed by atoms with Gasteiger partial charge in [-0.05, 0) is 29.1 Å². The molecule has 4 heterocycles. The zero-order chi connectivity index (χ0) is 22.2. The van der Waals surface area contributed by atoms with Gasteiger partial charge in [-0.3, -0.25) is 0 Å². The molecule has 6 aromatic rings. The molecule has 7 nitrogen and oxygen atoms in total. The second-order valence-electron chi connectivity index (χ2n) is 7.69. The van der Waals surface area contributed by atoms with Crippen LogP contribution in [0, 0.1) is 0 Å². The molecule has 0 fully saturated rings. The van der Waals surface area contributed by atoms with Gasteiger partial charge in [-0.25, -0.2) is 24.3 Å². The van der Waals surface area contributed by atoms with Gasteiger partial charge in [-0.1, -0.05) is 48.5 Å². The van der Waals surface area contributed by atoms with E-state index < -0.39 is 0 Å². The Morgan fingerprint density at radius 2 is 1.76 bits per heavy atom. The third kappa shape index (κ3) is 3.50. The first-order valence-electron chi connectivity index (χ1n) is 10.6. The van der Waals surface area contributed by atoms with Crippen LogP contribution in [0.5, 0.6) is 0 Å². The van der Waals surface area contributed by atoms with E-state index >= 15 is 0 Å². The largest absolute Gasteiger partial charge is 0.322 e. The number of fused-ring (bicyclic) bond motifs is 4. The number of benzene rings is 2. The van der Waals surface area contributed by atoms with Crippen molar-refractivity contribution < 1.29 is 4.98 Å². The van der Waals surface area contributed by atoms with Crippen LogP contribution in [-0.4, -0.2) is 25.4 Å². The Bertz CT molecular complexity index is 1680. The van der Waals surface area contributed by atoms with Gasteiger partial charge in [0.2, 0.25) is 5.65 Å². The van der Waals surface area contributed by atoms with Crippen LogP contribution in [0.2, 0.25) is 0 Å². The molecule has 0 unspecified atom stereocenters. The molecule has 8 heteroatoms. The Morgan fingerprint density at radius 3 is 2.55 bits per heavy atom. The number of nitrogens with zero attached hydrogens (tertiary/aromatic N) is 5. The molecular weight excluding hydrogens is 432 g/mol. The van der Waals surface area contributed by atoms with Crippen LogP contribution in [0.1, 0.15) is 10.4 Å². The van der Waals surface area contributed by atoms with E-state index in [9.17, 15) is 4.79 Å². The molecule has 0 bridgehead atoms. The van der Waals surface area contributed by atoms with Crippen LogP contribution < -0.4 is 10.5 Å². The molecule has 0 saturated heterocycles. The summed E-state index contributed by atoms with van der Waals surface area (Å²) in [6.45, 7) is 0.557. The molecule has 0 radical (unpaired) electrons. The quantitative estimate of drug-likeness (QED) is 0.373. The third-order valence-corrected chi connectivity index (χ3v) is 6.40. The molecule has 0 aliphatic rings. The lowest BCUT2D eigenvalue weighted by molar-refractivity contribution is -0.357. The van der Waals surface area contributed by atoms with Crippen molar-refractivity contribution in [1.82, 2.24) is 19.2 Å². The molecule has 6 rings (SSSR count). The van der Waals surface area contributed by atoms with Gasteiger partial charge in [-0.2, -0.15) is 0 Å². The molecule has 0 amide bonds. The highest BCUT2D eigenvalue weighted by atomic mass is 32.1. The maximum Gasteiger partial charge on any atom is 0.322 e. The molecule has 4 aromatic heterocycles. The Hall–Kier alpha value is -4.17. The summed E-state index contributed by atoms with van der Waals surface area (Å²) < 4.78 is 3.37. The fraction of sp³-hybridized carbons (Fsp3) is 0.0800. The first-order chi connectivity index (χ1) is 16.3. The van der Waals surface area contributed by atoms with Crippen molar-refractivity contribution in [2.45, 2.75) is 13.0 Å². The van der Waals surface area contributed by atoms with Crippen molar-refractivity contribution in [3.63, 3.8) is 0 Å². The fourth-order valence-corrected chi connectivity index (χ4v) is 4.54. The van der Waals surface area contributed by atoms with E-state index in [1.165, 1.54) is 5.56 Å². The lowest BCUT2D eigenvalue weighted by Gasteiger charge is -2.01. The third-order valence-electron chi connectivity index (χ3n) is 5.60. The van der Waals surface area contributed by atoms with E-state index in [4.69, 9.17) is 9.97 Å². The van der Waals surface area contributed by atoms with Gasteiger partial charge in [0.1, 0.15) is 5.52 Å². The van der Waals surface area contributed by atoms with Crippen molar-refractivity contribution in [2.75, 3.05) is 0 Å². The van der Waals surface area contributed by atoms with E-state index in [0.717, 1.165) is 22.3 Å². The van der Waals surface area contributed by atoms with Gasteiger partial charge in [0.05, 0.1) is 23.8 Å². The number of aromatic amines is 1. The summed E-state index contributed by atoms with van der Waals surface area (Å²) in [5, 5.41) is 7.14. The highest BCUT2D eigenvalue weighted by molar-refractivity contribution is 7.11. The summed E-state index contributed by atoms with van der Waals surface area (Å²) in [6.07, 6.45) is 4.24. The highest BCUT2D eigenvalue weighted by Crippen LogP contribution is 2.24. The Morgan fingerprint density at radius 1 is 0.970 bits per heavy atom. The highest BCUT2D eigenvalue weighted by Gasteiger charge is 2.24. The second-order valence-corrected chi connectivity index (χ2v) is 8.67.